The highest BCUT2D eigenvalue weighted by Crippen LogP contribution is 2.44. The Balaban J connectivity index is 1.58. The number of thioether (sulfide) groups is 2. The molecule has 4 heteroatoms. The van der Waals surface area contributed by atoms with Crippen LogP contribution in [0, 0.1) is 0 Å². The molecule has 25 heavy (non-hydrogen) atoms. The highest BCUT2D eigenvalue weighted by molar-refractivity contribution is 8.02. The first-order chi connectivity index (χ1) is 12.3. The van der Waals surface area contributed by atoms with Gasteiger partial charge in [0.25, 0.3) is 0 Å². The zero-order valence-electron chi connectivity index (χ0n) is 15.2. The van der Waals surface area contributed by atoms with Crippen molar-refractivity contribution in [2.24, 2.45) is 0 Å². The maximum absolute atomic E-state index is 2.68. The van der Waals surface area contributed by atoms with Crippen LogP contribution in [-0.4, -0.2) is 48.6 Å². The summed E-state index contributed by atoms with van der Waals surface area (Å²) in [7, 11) is 2.31. The minimum Gasteiger partial charge on any atom is -0.363 e. The topological polar surface area (TPSA) is 6.48 Å². The molecule has 2 heterocycles. The Bertz CT molecular complexity index is 670. The molecular weight excluding hydrogens is 344 g/mol. The number of likely N-dealkylation sites (tertiary alicyclic amines) is 1. The average molecular weight is 373 g/mol. The number of anilines is 1. The van der Waals surface area contributed by atoms with Gasteiger partial charge >= 0.3 is 0 Å². The van der Waals surface area contributed by atoms with Crippen LogP contribution < -0.4 is 4.90 Å². The number of allylic oxidation sites excluding steroid dienone is 1. The van der Waals surface area contributed by atoms with Crippen molar-refractivity contribution in [3.63, 3.8) is 0 Å². The molecule has 3 unspecified atom stereocenters. The van der Waals surface area contributed by atoms with Crippen LogP contribution in [0.4, 0.5) is 5.69 Å². The third-order valence-corrected chi connectivity index (χ3v) is 7.83. The molecule has 0 aromatic heterocycles. The molecule has 1 aromatic rings. The van der Waals surface area contributed by atoms with E-state index in [9.17, 15) is 0 Å². The van der Waals surface area contributed by atoms with E-state index in [0.717, 1.165) is 12.6 Å². The second-order valence-electron chi connectivity index (χ2n) is 7.29. The summed E-state index contributed by atoms with van der Waals surface area (Å²) in [5, 5.41) is 0.537. The number of fused-ring (bicyclic) bond motifs is 2. The predicted molar refractivity (Wildman–Crippen MR) is 113 cm³/mol. The van der Waals surface area contributed by atoms with Gasteiger partial charge in [0.2, 0.25) is 0 Å². The maximum atomic E-state index is 2.68. The highest BCUT2D eigenvalue weighted by atomic mass is 32.2. The lowest BCUT2D eigenvalue weighted by Gasteiger charge is -2.44. The molecule has 2 aliphatic heterocycles. The van der Waals surface area contributed by atoms with Crippen molar-refractivity contribution in [3.05, 3.63) is 47.4 Å². The van der Waals surface area contributed by atoms with Gasteiger partial charge in [0.1, 0.15) is 0 Å². The number of benzene rings is 1. The molecule has 0 bridgehead atoms. The summed E-state index contributed by atoms with van der Waals surface area (Å²) < 4.78 is 0. The van der Waals surface area contributed by atoms with E-state index in [1.165, 1.54) is 47.7 Å². The number of rotatable bonds is 4. The minimum atomic E-state index is 0.487. The molecule has 0 saturated carbocycles. The molecule has 3 atom stereocenters. The highest BCUT2D eigenvalue weighted by Gasteiger charge is 2.34. The smallest absolute Gasteiger partial charge is 0.0644 e. The molecule has 0 radical (unpaired) electrons. The van der Waals surface area contributed by atoms with Crippen LogP contribution >= 0.6 is 23.5 Å². The monoisotopic (exact) mass is 372 g/mol. The van der Waals surface area contributed by atoms with Gasteiger partial charge < -0.3 is 9.80 Å². The Morgan fingerprint density at radius 1 is 1.24 bits per heavy atom. The molecule has 4 rings (SSSR count). The molecule has 0 spiro atoms. The molecule has 3 aliphatic rings. The van der Waals surface area contributed by atoms with Crippen LogP contribution in [0.1, 0.15) is 25.7 Å². The normalized spacial score (nSPS) is 29.1. The van der Waals surface area contributed by atoms with E-state index in [4.69, 9.17) is 0 Å². The van der Waals surface area contributed by atoms with Gasteiger partial charge in [0.15, 0.2) is 0 Å². The fourth-order valence-corrected chi connectivity index (χ4v) is 6.07. The molecule has 134 valence electrons. The van der Waals surface area contributed by atoms with E-state index in [2.05, 4.69) is 65.6 Å². The number of nitrogens with zero attached hydrogens (tertiary/aromatic N) is 2. The van der Waals surface area contributed by atoms with Gasteiger partial charge in [0.05, 0.1) is 17.0 Å². The van der Waals surface area contributed by atoms with Crippen LogP contribution in [0.5, 0.6) is 0 Å². The van der Waals surface area contributed by atoms with E-state index in [1.807, 2.05) is 23.5 Å². The quantitative estimate of drug-likeness (QED) is 0.731. The van der Waals surface area contributed by atoms with Gasteiger partial charge in [-0.05, 0) is 57.3 Å². The van der Waals surface area contributed by atoms with Crippen molar-refractivity contribution in [2.75, 3.05) is 31.3 Å². The first-order valence-corrected chi connectivity index (χ1v) is 11.5. The van der Waals surface area contributed by atoms with E-state index in [-0.39, 0.29) is 0 Å². The Morgan fingerprint density at radius 2 is 2.12 bits per heavy atom. The first-order valence-electron chi connectivity index (χ1n) is 9.43. The van der Waals surface area contributed by atoms with Gasteiger partial charge in [-0.25, -0.2) is 0 Å². The van der Waals surface area contributed by atoms with E-state index in [1.54, 1.807) is 0 Å². The van der Waals surface area contributed by atoms with Gasteiger partial charge in [0, 0.05) is 22.4 Å². The standard InChI is InChI=1S/C21H28N2S2/c1-22-13-6-5-7-16(22)12-14-23-18-8-3-4-9-20(18)25-21-11-10-17(24-2)15-19(21)23/h3-4,8-11,15-16,19,21H,5-7,12-14H2,1-2H3. The van der Waals surface area contributed by atoms with Crippen molar-refractivity contribution in [1.29, 1.82) is 0 Å². The van der Waals surface area contributed by atoms with Crippen LogP contribution in [0.3, 0.4) is 0 Å². The van der Waals surface area contributed by atoms with E-state index < -0.39 is 0 Å². The summed E-state index contributed by atoms with van der Waals surface area (Å²) in [6, 6.07) is 10.2. The van der Waals surface area contributed by atoms with Gasteiger partial charge in [-0.2, -0.15) is 0 Å². The number of hydrogen-bond acceptors (Lipinski definition) is 4. The summed E-state index contributed by atoms with van der Waals surface area (Å²) in [6.07, 6.45) is 14.8. The molecule has 0 amide bonds. The lowest BCUT2D eigenvalue weighted by atomic mass is 9.98. The molecular formula is C21H28N2S2. The van der Waals surface area contributed by atoms with Crippen molar-refractivity contribution >= 4 is 29.2 Å². The SMILES string of the molecule is CSC1=CC2C(C=C1)Sc1ccccc1N2CCC1CCCCN1C. The number of hydrogen-bond donors (Lipinski definition) is 0. The predicted octanol–water partition coefficient (Wildman–Crippen LogP) is 5.03. The second kappa shape index (κ2) is 7.81. The minimum absolute atomic E-state index is 0.487. The first kappa shape index (κ1) is 17.6. The fraction of sp³-hybridized carbons (Fsp3) is 0.524. The summed E-state index contributed by atoms with van der Waals surface area (Å²) in [5.41, 5.74) is 1.43. The van der Waals surface area contributed by atoms with Crippen LogP contribution in [-0.2, 0) is 0 Å². The molecule has 0 N–H and O–H groups in total. The maximum Gasteiger partial charge on any atom is 0.0644 e. The lowest BCUT2D eigenvalue weighted by molar-refractivity contribution is 0.177. The van der Waals surface area contributed by atoms with Gasteiger partial charge in [-0.15, -0.1) is 23.5 Å². The zero-order valence-corrected chi connectivity index (χ0v) is 16.9. The molecule has 1 aromatic carbocycles. The molecule has 2 nitrogen and oxygen atoms in total. The molecule has 1 aliphatic carbocycles. The second-order valence-corrected chi connectivity index (χ2v) is 9.38. The van der Waals surface area contributed by atoms with Crippen molar-refractivity contribution < 1.29 is 0 Å². The largest absolute Gasteiger partial charge is 0.363 e. The van der Waals surface area contributed by atoms with Crippen LogP contribution in [0.2, 0.25) is 0 Å². The average Bonchev–Trinajstić information content (AvgIpc) is 2.66. The lowest BCUT2D eigenvalue weighted by Crippen LogP contribution is -2.47. The Labute approximate surface area is 160 Å². The Hall–Kier alpha value is -0.840. The summed E-state index contributed by atoms with van der Waals surface area (Å²) in [5.74, 6) is 0. The Morgan fingerprint density at radius 3 is 2.96 bits per heavy atom. The van der Waals surface area contributed by atoms with Crippen molar-refractivity contribution in [3.8, 4) is 0 Å². The summed E-state index contributed by atoms with van der Waals surface area (Å²) >= 11 is 3.89. The number of para-hydroxylation sites is 1. The Kier molecular flexibility index (Phi) is 5.49. The third-order valence-electron chi connectivity index (χ3n) is 5.78. The molecule has 1 saturated heterocycles. The van der Waals surface area contributed by atoms with E-state index >= 15 is 0 Å². The summed E-state index contributed by atoms with van der Waals surface area (Å²) in [6.45, 7) is 2.42. The van der Waals surface area contributed by atoms with Gasteiger partial charge in [-0.3, -0.25) is 0 Å². The van der Waals surface area contributed by atoms with Crippen molar-refractivity contribution in [2.45, 2.75) is 47.9 Å². The fourth-order valence-electron chi connectivity index (χ4n) is 4.30. The molecule has 1 fully saturated rings. The van der Waals surface area contributed by atoms with Gasteiger partial charge in [-0.1, -0.05) is 30.7 Å². The third kappa shape index (κ3) is 3.67. The van der Waals surface area contributed by atoms with E-state index in [0.29, 0.717) is 11.3 Å². The van der Waals surface area contributed by atoms with Crippen molar-refractivity contribution in [1.82, 2.24) is 4.90 Å². The van der Waals surface area contributed by atoms with Crippen LogP contribution in [0.25, 0.3) is 0 Å². The zero-order chi connectivity index (χ0) is 17.2. The summed E-state index contributed by atoms with van der Waals surface area (Å²) in [4.78, 5) is 8.10. The van der Waals surface area contributed by atoms with Crippen LogP contribution in [0.15, 0.2) is 52.3 Å². The number of piperidine rings is 1.